The van der Waals surface area contributed by atoms with E-state index in [2.05, 4.69) is 30.7 Å². The zero-order valence-electron chi connectivity index (χ0n) is 33.0. The predicted octanol–water partition coefficient (Wildman–Crippen LogP) is 6.36. The third-order valence-corrected chi connectivity index (χ3v) is 14.1. The zero-order chi connectivity index (χ0) is 48.8. The van der Waals surface area contributed by atoms with Gasteiger partial charge in [-0.25, -0.2) is 0 Å². The van der Waals surface area contributed by atoms with Crippen molar-refractivity contribution in [1.29, 1.82) is 0 Å². The van der Waals surface area contributed by atoms with Gasteiger partial charge in [0.2, 0.25) is 0 Å². The Labute approximate surface area is 375 Å². The van der Waals surface area contributed by atoms with Crippen LogP contribution in [0.25, 0.3) is 49.0 Å². The van der Waals surface area contributed by atoms with Gasteiger partial charge >= 0.3 is 0 Å². The van der Waals surface area contributed by atoms with E-state index in [0.717, 1.165) is 41.2 Å². The highest BCUT2D eigenvalue weighted by Crippen LogP contribution is 2.45. The third-order valence-electron chi connectivity index (χ3n) is 9.79. The van der Waals surface area contributed by atoms with Crippen molar-refractivity contribution in [2.24, 2.45) is 20.5 Å². The minimum Gasteiger partial charge on any atom is -0.506 e. The monoisotopic (exact) mass is 1010 g/mol. The second kappa shape index (κ2) is 16.0. The Morgan fingerprint density at radius 2 is 1.12 bits per heavy atom. The average Bonchev–Trinajstić information content (AvgIpc) is 3.68. The molecule has 0 amide bonds. The van der Waals surface area contributed by atoms with Crippen molar-refractivity contribution in [2.75, 3.05) is 7.11 Å². The van der Waals surface area contributed by atoms with Gasteiger partial charge in [0.1, 0.15) is 54.3 Å². The molecule has 8 rings (SSSR count). The Morgan fingerprint density at radius 1 is 0.507 bits per heavy atom. The fraction of sp³-hybridized carbons (Fsp3) is 0.0270. The van der Waals surface area contributed by atoms with Gasteiger partial charge in [0.15, 0.2) is 5.75 Å². The van der Waals surface area contributed by atoms with Gasteiger partial charge in [-0.3, -0.25) is 22.8 Å². The van der Waals surface area contributed by atoms with Gasteiger partial charge in [-0.2, -0.15) is 52.0 Å². The molecule has 346 valence electrons. The second-order valence-corrected chi connectivity index (χ2v) is 21.0. The first kappa shape index (κ1) is 46.4. The summed E-state index contributed by atoms with van der Waals surface area (Å²) in [5.74, 6) is -1.60. The molecule has 0 aliphatic carbocycles. The summed E-state index contributed by atoms with van der Waals surface area (Å²) in [6, 6.07) is 16.0. The molecule has 0 unspecified atom stereocenters. The van der Waals surface area contributed by atoms with E-state index in [9.17, 15) is 75.1 Å². The van der Waals surface area contributed by atoms with Crippen LogP contribution in [-0.2, 0) is 50.6 Å². The molecule has 0 saturated heterocycles. The number of nitrogens with zero attached hydrogens (tertiary/aromatic N) is 7. The molecule has 7 N–H and O–H groups in total. The number of rotatable bonds is 11. The summed E-state index contributed by atoms with van der Waals surface area (Å²) in [5.41, 5.74) is -1.32. The number of hydrogen-bond acceptors (Lipinski definition) is 19. The predicted molar refractivity (Wildman–Crippen MR) is 232 cm³/mol. The molecule has 1 heterocycles. The molecule has 0 spiro atoms. The van der Waals surface area contributed by atoms with Crippen molar-refractivity contribution >= 4 is 117 Å². The van der Waals surface area contributed by atoms with Gasteiger partial charge in [0.25, 0.3) is 50.6 Å². The maximum Gasteiger partial charge on any atom is 0.296 e. The Kier molecular flexibility index (Phi) is 11.1. The highest BCUT2D eigenvalue weighted by Gasteiger charge is 2.26. The second-order valence-electron chi connectivity index (χ2n) is 14.0. The molecule has 0 saturated carbocycles. The molecule has 0 bridgehead atoms. The maximum atomic E-state index is 12.7. The largest absolute Gasteiger partial charge is 0.506 e. The topological polar surface area (TPSA) is 402 Å². The summed E-state index contributed by atoms with van der Waals surface area (Å²) in [5, 5.41) is 45.8. The quantitative estimate of drug-likeness (QED) is 0.0547. The van der Waals surface area contributed by atoms with Crippen molar-refractivity contribution < 1.29 is 79.8 Å². The minimum atomic E-state index is -5.19. The van der Waals surface area contributed by atoms with Crippen LogP contribution in [0.15, 0.2) is 136 Å². The fourth-order valence-electron chi connectivity index (χ4n) is 6.78. The number of azo groups is 2. The molecule has 0 radical (unpaired) electrons. The average molecular weight is 1020 g/mol. The first-order valence-electron chi connectivity index (χ1n) is 18.0. The molecule has 0 aliphatic rings. The van der Waals surface area contributed by atoms with Crippen LogP contribution in [0, 0.1) is 0 Å². The molecular weight excluding hydrogens is 991 g/mol. The molecule has 25 nitrogen and oxygen atoms in total. The number of aromatic hydroxyl groups is 2. The SMILES string of the molecule is COc1cc(N=Nc2c(S(=O)(=O)O)cc3cc(-n4nc5ccc6c(S(=O)(=O)O)cc(S(=O)(=O)O)cc6c5n4)ccc3c2O)c(O)cc1N=Nc1ccc2cc(S(=O)(=O)O)cc(S(=O)(=O)O)c2c1. The van der Waals surface area contributed by atoms with E-state index in [1.807, 2.05) is 0 Å². The lowest BCUT2D eigenvalue weighted by Crippen LogP contribution is -2.04. The van der Waals surface area contributed by atoms with Gasteiger partial charge in [0.05, 0.1) is 28.3 Å². The van der Waals surface area contributed by atoms with Gasteiger partial charge < -0.3 is 14.9 Å². The number of aromatic nitrogens is 3. The van der Waals surface area contributed by atoms with E-state index in [1.165, 1.54) is 49.6 Å². The smallest absolute Gasteiger partial charge is 0.296 e. The normalized spacial score (nSPS) is 13.2. The van der Waals surface area contributed by atoms with Crippen LogP contribution in [0.2, 0.25) is 0 Å². The van der Waals surface area contributed by atoms with E-state index < -0.39 is 92.3 Å². The number of phenolic OH excluding ortho intramolecular Hbond substituents is 2. The number of phenols is 2. The summed E-state index contributed by atoms with van der Waals surface area (Å²) in [6.07, 6.45) is 0. The van der Waals surface area contributed by atoms with Crippen LogP contribution in [0.4, 0.5) is 22.7 Å². The highest BCUT2D eigenvalue weighted by molar-refractivity contribution is 7.87. The van der Waals surface area contributed by atoms with Crippen LogP contribution < -0.4 is 4.74 Å². The van der Waals surface area contributed by atoms with E-state index >= 15 is 0 Å². The van der Waals surface area contributed by atoms with Crippen molar-refractivity contribution in [2.45, 2.75) is 24.5 Å². The molecule has 67 heavy (non-hydrogen) atoms. The lowest BCUT2D eigenvalue weighted by atomic mass is 10.1. The standard InChI is InChI=1S/C37H25N7O18S5/c1-62-31-16-28(30(45)15-29(31)40-38-19-3-2-17-9-21(63(47,48)49)13-33(25(17)11-19)66(56,57)58)39-41-36-34(67(59,60)61)10-18-8-20(4-5-23(18)37(36)46)44-42-27-7-6-24-26(35(27)43-44)12-22(64(50,51)52)14-32(24)65(53,54)55/h2-16,45-46H,1H3,(H,47,48,49)(H,50,51,52)(H,53,54,55)(H,56,57,58)(H,59,60,61). The number of benzene rings is 7. The molecule has 8 aromatic rings. The Morgan fingerprint density at radius 3 is 1.75 bits per heavy atom. The summed E-state index contributed by atoms with van der Waals surface area (Å²) in [6.45, 7) is 0. The number of ether oxygens (including phenoxy) is 1. The van der Waals surface area contributed by atoms with Crippen molar-refractivity contribution in [3.05, 3.63) is 91.0 Å². The first-order valence-corrected chi connectivity index (χ1v) is 25.2. The first-order chi connectivity index (χ1) is 31.1. The molecule has 1 aromatic heterocycles. The molecule has 7 aromatic carbocycles. The molecular formula is C37H25N7O18S5. The Balaban J connectivity index is 1.15. The maximum absolute atomic E-state index is 12.7. The third kappa shape index (κ3) is 8.95. The van der Waals surface area contributed by atoms with Crippen LogP contribution in [0.5, 0.6) is 17.2 Å². The summed E-state index contributed by atoms with van der Waals surface area (Å²) < 4.78 is 175. The molecule has 0 fully saturated rings. The fourth-order valence-corrected chi connectivity index (χ4v) is 10.1. The van der Waals surface area contributed by atoms with Crippen LogP contribution in [0.3, 0.4) is 0 Å². The van der Waals surface area contributed by atoms with Crippen molar-refractivity contribution in [1.82, 2.24) is 15.0 Å². The Bertz CT molecular complexity index is 4140. The summed E-state index contributed by atoms with van der Waals surface area (Å²) in [4.78, 5) is -3.36. The molecule has 0 aliphatic heterocycles. The van der Waals surface area contributed by atoms with E-state index in [1.54, 1.807) is 0 Å². The van der Waals surface area contributed by atoms with Crippen LogP contribution in [0.1, 0.15) is 0 Å². The Hall–Kier alpha value is -7.13. The van der Waals surface area contributed by atoms with Crippen LogP contribution in [-0.4, -0.2) is 97.2 Å². The number of methoxy groups -OCH3 is 1. The van der Waals surface area contributed by atoms with Crippen molar-refractivity contribution in [3.8, 4) is 22.9 Å². The summed E-state index contributed by atoms with van der Waals surface area (Å²) in [7, 11) is -23.9. The van der Waals surface area contributed by atoms with Crippen molar-refractivity contribution in [3.63, 3.8) is 0 Å². The van der Waals surface area contributed by atoms with E-state index in [0.29, 0.717) is 12.1 Å². The van der Waals surface area contributed by atoms with E-state index in [4.69, 9.17) is 4.74 Å². The minimum absolute atomic E-state index is 0.0221. The molecule has 0 atom stereocenters. The lowest BCUT2D eigenvalue weighted by molar-refractivity contribution is 0.413. The van der Waals surface area contributed by atoms with Crippen LogP contribution >= 0.6 is 0 Å². The summed E-state index contributed by atoms with van der Waals surface area (Å²) >= 11 is 0. The van der Waals surface area contributed by atoms with Gasteiger partial charge in [-0.05, 0) is 77.5 Å². The number of hydrogen-bond donors (Lipinski definition) is 7. The zero-order valence-corrected chi connectivity index (χ0v) is 37.0. The van der Waals surface area contributed by atoms with E-state index in [-0.39, 0.29) is 71.8 Å². The van der Waals surface area contributed by atoms with Gasteiger partial charge in [-0.15, -0.1) is 25.5 Å². The number of fused-ring (bicyclic) bond motifs is 5. The highest BCUT2D eigenvalue weighted by atomic mass is 32.2. The van der Waals surface area contributed by atoms with Gasteiger partial charge in [0, 0.05) is 33.7 Å². The lowest BCUT2D eigenvalue weighted by Gasteiger charge is -2.10. The van der Waals surface area contributed by atoms with Gasteiger partial charge in [-0.1, -0.05) is 12.1 Å². The molecule has 30 heteroatoms.